The van der Waals surface area contributed by atoms with Gasteiger partial charge in [-0.2, -0.15) is 0 Å². The van der Waals surface area contributed by atoms with Crippen LogP contribution in [0.1, 0.15) is 28.3 Å². The number of amides is 1. The van der Waals surface area contributed by atoms with Gasteiger partial charge in [0.25, 0.3) is 11.7 Å². The number of likely N-dealkylation sites (tertiary alicyclic amines) is 1. The van der Waals surface area contributed by atoms with Gasteiger partial charge in [-0.3, -0.25) is 9.59 Å². The number of rotatable bonds is 8. The zero-order valence-corrected chi connectivity index (χ0v) is 22.4. The first-order valence-electron chi connectivity index (χ1n) is 11.8. The summed E-state index contributed by atoms with van der Waals surface area (Å²) >= 11 is 12.4. The Hall–Kier alpha value is -3.32. The van der Waals surface area contributed by atoms with E-state index in [0.29, 0.717) is 46.6 Å². The van der Waals surface area contributed by atoms with Crippen molar-refractivity contribution in [3.63, 3.8) is 0 Å². The molecule has 1 saturated heterocycles. The number of ketones is 1. The van der Waals surface area contributed by atoms with Gasteiger partial charge in [0.2, 0.25) is 0 Å². The third-order valence-corrected chi connectivity index (χ3v) is 7.01. The molecule has 0 bridgehead atoms. The first kappa shape index (κ1) is 26.7. The Bertz CT molecular complexity index is 1360. The Kier molecular flexibility index (Phi) is 8.22. The van der Waals surface area contributed by atoms with E-state index in [0.717, 1.165) is 11.1 Å². The van der Waals surface area contributed by atoms with E-state index in [1.165, 1.54) is 4.90 Å². The largest absolute Gasteiger partial charge is 0.507 e. The molecule has 3 aromatic rings. The van der Waals surface area contributed by atoms with E-state index >= 15 is 0 Å². The van der Waals surface area contributed by atoms with Crippen LogP contribution in [0.5, 0.6) is 5.75 Å². The number of aliphatic hydroxyl groups is 1. The van der Waals surface area contributed by atoms with Crippen LogP contribution in [0, 0.1) is 6.92 Å². The minimum absolute atomic E-state index is 0.0134. The van der Waals surface area contributed by atoms with Gasteiger partial charge in [-0.25, -0.2) is 0 Å². The molecule has 6 nitrogen and oxygen atoms in total. The summed E-state index contributed by atoms with van der Waals surface area (Å²) in [5.41, 5.74) is 2.84. The van der Waals surface area contributed by atoms with Crippen molar-refractivity contribution in [2.75, 3.05) is 27.2 Å². The lowest BCUT2D eigenvalue weighted by atomic mass is 9.94. The lowest BCUT2D eigenvalue weighted by molar-refractivity contribution is -0.140. The van der Waals surface area contributed by atoms with Crippen molar-refractivity contribution in [1.82, 2.24) is 9.80 Å². The van der Waals surface area contributed by atoms with Crippen LogP contribution >= 0.6 is 23.2 Å². The highest BCUT2D eigenvalue weighted by atomic mass is 35.5. The predicted octanol–water partition coefficient (Wildman–Crippen LogP) is 5.86. The van der Waals surface area contributed by atoms with Gasteiger partial charge in [-0.05, 0) is 68.0 Å². The van der Waals surface area contributed by atoms with Gasteiger partial charge >= 0.3 is 0 Å². The molecule has 4 rings (SSSR count). The SMILES string of the molecule is Cc1cc(/C(O)=C2\C(=O)C(=O)N(CCN(C)C)[C@@H]2c2ccc(Cl)c(Cl)c2)ccc1OCc1ccccc1. The first-order chi connectivity index (χ1) is 17.7. The van der Waals surface area contributed by atoms with E-state index in [-0.39, 0.29) is 11.3 Å². The van der Waals surface area contributed by atoms with Crippen molar-refractivity contribution < 1.29 is 19.4 Å². The monoisotopic (exact) mass is 538 g/mol. The van der Waals surface area contributed by atoms with E-state index < -0.39 is 17.7 Å². The predicted molar refractivity (Wildman–Crippen MR) is 146 cm³/mol. The Morgan fingerprint density at radius 2 is 1.73 bits per heavy atom. The van der Waals surface area contributed by atoms with Gasteiger partial charge in [-0.15, -0.1) is 0 Å². The van der Waals surface area contributed by atoms with Gasteiger partial charge in [0.05, 0.1) is 21.7 Å². The zero-order chi connectivity index (χ0) is 26.7. The summed E-state index contributed by atoms with van der Waals surface area (Å²) < 4.78 is 5.95. The second-order valence-electron chi connectivity index (χ2n) is 9.22. The maximum absolute atomic E-state index is 13.2. The molecule has 0 saturated carbocycles. The lowest BCUT2D eigenvalue weighted by Crippen LogP contribution is -2.35. The molecule has 1 N–H and O–H groups in total. The summed E-state index contributed by atoms with van der Waals surface area (Å²) in [6, 6.07) is 19.1. The van der Waals surface area contributed by atoms with E-state index in [9.17, 15) is 14.7 Å². The molecule has 192 valence electrons. The van der Waals surface area contributed by atoms with Gasteiger partial charge < -0.3 is 19.6 Å². The van der Waals surface area contributed by atoms with E-state index in [4.69, 9.17) is 27.9 Å². The third-order valence-electron chi connectivity index (χ3n) is 6.27. The molecule has 1 heterocycles. The summed E-state index contributed by atoms with van der Waals surface area (Å²) in [5.74, 6) is -0.999. The van der Waals surface area contributed by atoms with Crippen LogP contribution in [0.15, 0.2) is 72.3 Å². The van der Waals surface area contributed by atoms with Crippen LogP contribution in [-0.2, 0) is 16.2 Å². The summed E-state index contributed by atoms with van der Waals surface area (Å²) in [7, 11) is 3.77. The summed E-state index contributed by atoms with van der Waals surface area (Å²) in [6.07, 6.45) is 0. The van der Waals surface area contributed by atoms with Crippen LogP contribution in [-0.4, -0.2) is 53.8 Å². The van der Waals surface area contributed by atoms with Gasteiger partial charge in [-0.1, -0.05) is 59.6 Å². The van der Waals surface area contributed by atoms with Crippen LogP contribution in [0.2, 0.25) is 10.0 Å². The van der Waals surface area contributed by atoms with Crippen molar-refractivity contribution in [1.29, 1.82) is 0 Å². The van der Waals surface area contributed by atoms with Crippen LogP contribution in [0.3, 0.4) is 0 Å². The fourth-order valence-electron chi connectivity index (χ4n) is 4.30. The molecular formula is C29H28Cl2N2O4. The minimum atomic E-state index is -0.802. The molecule has 1 atom stereocenters. The summed E-state index contributed by atoms with van der Waals surface area (Å²) in [4.78, 5) is 29.7. The second kappa shape index (κ2) is 11.4. The number of halogens is 2. The number of hydrogen-bond acceptors (Lipinski definition) is 5. The van der Waals surface area contributed by atoms with E-state index in [1.54, 1.807) is 36.4 Å². The average molecular weight is 539 g/mol. The van der Waals surface area contributed by atoms with Gasteiger partial charge in [0.1, 0.15) is 18.1 Å². The van der Waals surface area contributed by atoms with Crippen molar-refractivity contribution in [3.05, 3.63) is 105 Å². The number of carbonyl (C=O) groups excluding carboxylic acids is 2. The van der Waals surface area contributed by atoms with Crippen molar-refractivity contribution in [3.8, 4) is 5.75 Å². The molecular weight excluding hydrogens is 511 g/mol. The minimum Gasteiger partial charge on any atom is -0.507 e. The van der Waals surface area contributed by atoms with Crippen molar-refractivity contribution in [2.45, 2.75) is 19.6 Å². The fraction of sp³-hybridized carbons (Fsp3) is 0.241. The van der Waals surface area contributed by atoms with E-state index in [1.807, 2.05) is 56.3 Å². The number of carbonyl (C=O) groups is 2. The van der Waals surface area contributed by atoms with Crippen molar-refractivity contribution in [2.24, 2.45) is 0 Å². The number of hydrogen-bond donors (Lipinski definition) is 1. The van der Waals surface area contributed by atoms with Gasteiger partial charge in [0, 0.05) is 18.7 Å². The third kappa shape index (κ3) is 5.82. The van der Waals surface area contributed by atoms with Gasteiger partial charge in [0.15, 0.2) is 0 Å². The fourth-order valence-corrected chi connectivity index (χ4v) is 4.60. The zero-order valence-electron chi connectivity index (χ0n) is 20.9. The second-order valence-corrected chi connectivity index (χ2v) is 10.0. The molecule has 37 heavy (non-hydrogen) atoms. The Labute approximate surface area is 226 Å². The molecule has 1 fully saturated rings. The topological polar surface area (TPSA) is 70.1 Å². The maximum atomic E-state index is 13.2. The molecule has 0 aromatic heterocycles. The number of benzene rings is 3. The first-order valence-corrected chi connectivity index (χ1v) is 12.6. The molecule has 8 heteroatoms. The number of Topliss-reactive ketones (excluding diaryl/α,β-unsaturated/α-hetero) is 1. The molecule has 3 aromatic carbocycles. The highest BCUT2D eigenvalue weighted by Crippen LogP contribution is 2.41. The van der Waals surface area contributed by atoms with Crippen molar-refractivity contribution >= 4 is 40.7 Å². The lowest BCUT2D eigenvalue weighted by Gasteiger charge is -2.26. The number of aliphatic hydroxyl groups excluding tert-OH is 1. The highest BCUT2D eigenvalue weighted by molar-refractivity contribution is 6.46. The van der Waals surface area contributed by atoms with E-state index in [2.05, 4.69) is 0 Å². The number of likely N-dealkylation sites (N-methyl/N-ethyl adjacent to an activating group) is 1. The number of ether oxygens (including phenoxy) is 1. The standard InChI is InChI=1S/C29H28Cl2N2O4/c1-18-15-21(10-12-24(18)37-17-19-7-5-4-6-8-19)27(34)25-26(20-9-11-22(30)23(31)16-20)33(14-13-32(2)3)29(36)28(25)35/h4-12,15-16,26,34H,13-14,17H2,1-3H3/b27-25+/t26-/m1/s1. The quantitative estimate of drug-likeness (QED) is 0.221. The van der Waals surface area contributed by atoms with Crippen LogP contribution < -0.4 is 4.74 Å². The number of aryl methyl sites for hydroxylation is 1. The Morgan fingerprint density at radius 3 is 2.38 bits per heavy atom. The summed E-state index contributed by atoms with van der Waals surface area (Å²) in [6.45, 7) is 3.10. The smallest absolute Gasteiger partial charge is 0.295 e. The molecule has 0 unspecified atom stereocenters. The molecule has 1 amide bonds. The molecule has 0 radical (unpaired) electrons. The molecule has 0 aliphatic carbocycles. The molecule has 1 aliphatic heterocycles. The Morgan fingerprint density at radius 1 is 1.00 bits per heavy atom. The number of nitrogens with zero attached hydrogens (tertiary/aromatic N) is 2. The molecule has 0 spiro atoms. The summed E-state index contributed by atoms with van der Waals surface area (Å²) in [5, 5.41) is 12.0. The van der Waals surface area contributed by atoms with Crippen LogP contribution in [0.25, 0.3) is 5.76 Å². The maximum Gasteiger partial charge on any atom is 0.295 e. The van der Waals surface area contributed by atoms with Crippen LogP contribution in [0.4, 0.5) is 0 Å². The molecule has 1 aliphatic rings. The normalized spacial score (nSPS) is 17.0. The highest BCUT2D eigenvalue weighted by Gasteiger charge is 2.46. The Balaban J connectivity index is 1.72. The average Bonchev–Trinajstić information content (AvgIpc) is 3.13.